The minimum absolute atomic E-state index is 0.605. The van der Waals surface area contributed by atoms with Gasteiger partial charge in [-0.05, 0) is 30.3 Å². The molecule has 28 heavy (non-hydrogen) atoms. The fourth-order valence-corrected chi connectivity index (χ4v) is 4.71. The molecule has 0 spiro atoms. The molecular formula is C21H24ClN4O2+. The first-order valence-electron chi connectivity index (χ1n) is 9.86. The van der Waals surface area contributed by atoms with Crippen LogP contribution in [0.4, 0.5) is 5.69 Å². The first-order chi connectivity index (χ1) is 13.8. The zero-order chi connectivity index (χ0) is 19.0. The molecule has 2 aromatic carbocycles. The van der Waals surface area contributed by atoms with Gasteiger partial charge in [-0.2, -0.15) is 9.99 Å². The first kappa shape index (κ1) is 17.9. The van der Waals surface area contributed by atoms with E-state index in [4.69, 9.17) is 21.4 Å². The molecule has 2 aliphatic heterocycles. The summed E-state index contributed by atoms with van der Waals surface area (Å²) in [5.41, 5.74) is 4.76. The van der Waals surface area contributed by atoms with Gasteiger partial charge in [-0.25, -0.2) is 0 Å². The Labute approximate surface area is 168 Å². The number of nitrogens with zero attached hydrogens (tertiary/aromatic N) is 2. The maximum atomic E-state index is 6.11. The molecule has 0 atom stereocenters. The van der Waals surface area contributed by atoms with Crippen molar-refractivity contribution in [2.24, 2.45) is 0 Å². The molecule has 1 aromatic heterocycles. The second kappa shape index (κ2) is 7.37. The van der Waals surface area contributed by atoms with E-state index in [0.717, 1.165) is 66.7 Å². The molecule has 6 nitrogen and oxygen atoms in total. The minimum atomic E-state index is 0.605. The quantitative estimate of drug-likeness (QED) is 0.522. The summed E-state index contributed by atoms with van der Waals surface area (Å²) in [5.74, 6) is 0.862. The SMILES string of the molecule is Clc1ccc2c(CC[N+]3(c4cccc5c4CCOO5)CCNCC3)[nH]nc2c1. The van der Waals surface area contributed by atoms with Crippen LogP contribution in [0, 0.1) is 0 Å². The Morgan fingerprint density at radius 1 is 1.14 bits per heavy atom. The van der Waals surface area contributed by atoms with E-state index in [1.807, 2.05) is 18.2 Å². The molecule has 2 aliphatic rings. The van der Waals surface area contributed by atoms with Crippen LogP contribution >= 0.6 is 11.6 Å². The monoisotopic (exact) mass is 399 g/mol. The smallest absolute Gasteiger partial charge is 0.174 e. The Kier molecular flexibility index (Phi) is 4.72. The number of hydrogen-bond acceptors (Lipinski definition) is 4. The predicted octanol–water partition coefficient (Wildman–Crippen LogP) is 3.24. The van der Waals surface area contributed by atoms with Gasteiger partial charge in [-0.1, -0.05) is 17.7 Å². The third-order valence-electron chi connectivity index (χ3n) is 6.02. The number of aromatic amines is 1. The van der Waals surface area contributed by atoms with E-state index in [-0.39, 0.29) is 0 Å². The van der Waals surface area contributed by atoms with Crippen molar-refractivity contribution in [3.8, 4) is 5.75 Å². The number of nitrogens with one attached hydrogen (secondary N) is 2. The molecule has 0 saturated carbocycles. The van der Waals surface area contributed by atoms with Crippen LogP contribution in [0.25, 0.3) is 10.9 Å². The van der Waals surface area contributed by atoms with Crippen molar-refractivity contribution in [3.63, 3.8) is 0 Å². The Bertz CT molecular complexity index is 997. The summed E-state index contributed by atoms with van der Waals surface area (Å²) in [7, 11) is 0. The van der Waals surface area contributed by atoms with Crippen molar-refractivity contribution in [1.29, 1.82) is 0 Å². The number of quaternary nitrogens is 1. The van der Waals surface area contributed by atoms with Crippen molar-refractivity contribution < 1.29 is 9.78 Å². The van der Waals surface area contributed by atoms with E-state index in [0.29, 0.717) is 11.6 Å². The van der Waals surface area contributed by atoms with Gasteiger partial charge in [0.2, 0.25) is 0 Å². The molecular weight excluding hydrogens is 376 g/mol. The van der Waals surface area contributed by atoms with Gasteiger partial charge in [0.25, 0.3) is 0 Å². The fraction of sp³-hybridized carbons (Fsp3) is 0.381. The Balaban J connectivity index is 1.49. The number of rotatable bonds is 4. The van der Waals surface area contributed by atoms with E-state index in [1.54, 1.807) is 0 Å². The second-order valence-corrected chi connectivity index (χ2v) is 8.03. The Morgan fingerprint density at radius 3 is 2.93 bits per heavy atom. The van der Waals surface area contributed by atoms with Crippen molar-refractivity contribution in [2.75, 3.05) is 39.3 Å². The standard InChI is InChI=1S/C21H24ClN4O2/c22-15-4-5-16-18(24-25-19(16)14-15)6-10-26(11-8-23-9-12-26)20-2-1-3-21-17(20)7-13-27-28-21/h1-5,14,23H,6-13H2,(H,24,25)/q+1. The van der Waals surface area contributed by atoms with Gasteiger partial charge in [0, 0.05) is 42.0 Å². The molecule has 0 amide bonds. The van der Waals surface area contributed by atoms with Crippen LogP contribution in [0.15, 0.2) is 36.4 Å². The molecule has 1 saturated heterocycles. The van der Waals surface area contributed by atoms with Crippen LogP contribution in [0.1, 0.15) is 11.3 Å². The molecule has 0 bridgehead atoms. The van der Waals surface area contributed by atoms with Crippen LogP contribution in [-0.4, -0.2) is 49.5 Å². The van der Waals surface area contributed by atoms with E-state index >= 15 is 0 Å². The number of piperazine rings is 1. The van der Waals surface area contributed by atoms with Gasteiger partial charge in [-0.3, -0.25) is 9.58 Å². The van der Waals surface area contributed by atoms with E-state index in [2.05, 4.69) is 33.7 Å². The maximum absolute atomic E-state index is 6.11. The molecule has 5 rings (SSSR count). The third-order valence-corrected chi connectivity index (χ3v) is 6.26. The topological polar surface area (TPSA) is 59.2 Å². The molecule has 2 N–H and O–H groups in total. The lowest BCUT2D eigenvalue weighted by Gasteiger charge is -2.42. The van der Waals surface area contributed by atoms with Crippen LogP contribution in [0.5, 0.6) is 5.75 Å². The number of hydrogen-bond donors (Lipinski definition) is 2. The summed E-state index contributed by atoms with van der Waals surface area (Å²) in [4.78, 5) is 10.7. The van der Waals surface area contributed by atoms with E-state index in [9.17, 15) is 0 Å². The molecule has 0 radical (unpaired) electrons. The normalized spacial score (nSPS) is 18.6. The number of aromatic nitrogens is 2. The Hall–Kier alpha value is -2.12. The molecule has 1 fully saturated rings. The van der Waals surface area contributed by atoms with Crippen LogP contribution < -0.4 is 14.7 Å². The molecule has 146 valence electrons. The van der Waals surface area contributed by atoms with E-state index < -0.39 is 0 Å². The van der Waals surface area contributed by atoms with Gasteiger partial charge in [0.05, 0.1) is 37.3 Å². The average Bonchev–Trinajstić information content (AvgIpc) is 3.14. The molecule has 3 aromatic rings. The minimum Gasteiger partial charge on any atom is -0.337 e. The zero-order valence-corrected chi connectivity index (χ0v) is 16.5. The summed E-state index contributed by atoms with van der Waals surface area (Å²) < 4.78 is 0.952. The van der Waals surface area contributed by atoms with Crippen molar-refractivity contribution in [2.45, 2.75) is 12.8 Å². The molecule has 0 unspecified atom stereocenters. The summed E-state index contributed by atoms with van der Waals surface area (Å²) >= 11 is 6.11. The van der Waals surface area contributed by atoms with Gasteiger partial charge in [0.15, 0.2) is 5.75 Å². The highest BCUT2D eigenvalue weighted by Crippen LogP contribution is 2.37. The summed E-state index contributed by atoms with van der Waals surface area (Å²) in [6, 6.07) is 12.3. The van der Waals surface area contributed by atoms with Gasteiger partial charge in [-0.15, -0.1) is 0 Å². The highest BCUT2D eigenvalue weighted by atomic mass is 35.5. The number of H-pyrrole nitrogens is 1. The van der Waals surface area contributed by atoms with Crippen LogP contribution in [-0.2, 0) is 17.7 Å². The van der Waals surface area contributed by atoms with Crippen molar-refractivity contribution in [3.05, 3.63) is 52.7 Å². The number of fused-ring (bicyclic) bond motifs is 2. The fourth-order valence-electron chi connectivity index (χ4n) is 4.54. The zero-order valence-electron chi connectivity index (χ0n) is 15.7. The predicted molar refractivity (Wildman–Crippen MR) is 111 cm³/mol. The molecule has 3 heterocycles. The lowest BCUT2D eigenvalue weighted by atomic mass is 10.0. The lowest BCUT2D eigenvalue weighted by molar-refractivity contribution is -0.215. The maximum Gasteiger partial charge on any atom is 0.174 e. The summed E-state index contributed by atoms with van der Waals surface area (Å²) in [6.07, 6.45) is 1.82. The summed E-state index contributed by atoms with van der Waals surface area (Å²) in [6.45, 7) is 5.78. The molecule has 7 heteroatoms. The van der Waals surface area contributed by atoms with Gasteiger partial charge >= 0.3 is 0 Å². The number of benzene rings is 2. The van der Waals surface area contributed by atoms with E-state index in [1.165, 1.54) is 16.9 Å². The average molecular weight is 400 g/mol. The van der Waals surface area contributed by atoms with Gasteiger partial charge < -0.3 is 10.2 Å². The highest BCUT2D eigenvalue weighted by molar-refractivity contribution is 6.31. The van der Waals surface area contributed by atoms with Crippen LogP contribution in [0.2, 0.25) is 5.02 Å². The summed E-state index contributed by atoms with van der Waals surface area (Å²) in [5, 5.41) is 13.1. The van der Waals surface area contributed by atoms with Crippen LogP contribution in [0.3, 0.4) is 0 Å². The van der Waals surface area contributed by atoms with Crippen molar-refractivity contribution >= 4 is 28.2 Å². The van der Waals surface area contributed by atoms with Gasteiger partial charge in [0.1, 0.15) is 5.69 Å². The van der Waals surface area contributed by atoms with Crippen molar-refractivity contribution in [1.82, 2.24) is 20.0 Å². The number of halogens is 1. The lowest BCUT2D eigenvalue weighted by Crippen LogP contribution is -2.61. The first-order valence-corrected chi connectivity index (χ1v) is 10.2. The Morgan fingerprint density at radius 2 is 2.04 bits per heavy atom. The highest BCUT2D eigenvalue weighted by Gasteiger charge is 2.36. The largest absolute Gasteiger partial charge is 0.337 e. The molecule has 0 aliphatic carbocycles. The second-order valence-electron chi connectivity index (χ2n) is 7.59. The third kappa shape index (κ3) is 3.16.